The van der Waals surface area contributed by atoms with Crippen LogP contribution < -0.4 is 9.47 Å². The smallest absolute Gasteiger partial charge is 0.215 e. The van der Waals surface area contributed by atoms with Crippen LogP contribution in [0.4, 0.5) is 0 Å². The van der Waals surface area contributed by atoms with Crippen molar-refractivity contribution in [3.05, 3.63) is 53.3 Å². The lowest BCUT2D eigenvalue weighted by atomic mass is 10.0. The highest BCUT2D eigenvalue weighted by molar-refractivity contribution is 6.10. The van der Waals surface area contributed by atoms with Gasteiger partial charge in [-0.15, -0.1) is 0 Å². The number of carbonyl (C=O) groups excluding carboxylic acids is 1. The van der Waals surface area contributed by atoms with Crippen molar-refractivity contribution in [3.63, 3.8) is 0 Å². The summed E-state index contributed by atoms with van der Waals surface area (Å²) >= 11 is 0. The van der Waals surface area contributed by atoms with Crippen molar-refractivity contribution in [3.8, 4) is 11.5 Å². The number of methoxy groups -OCH3 is 2. The molecule has 0 aliphatic carbocycles. The normalized spacial score (nSPS) is 10.2. The number of benzene rings is 1. The minimum atomic E-state index is -0.137. The van der Waals surface area contributed by atoms with Crippen molar-refractivity contribution >= 4 is 5.78 Å². The third kappa shape index (κ3) is 2.64. The molecule has 104 valence electrons. The van der Waals surface area contributed by atoms with Crippen LogP contribution in [0.3, 0.4) is 0 Å². The molecule has 0 atom stereocenters. The summed E-state index contributed by atoms with van der Waals surface area (Å²) in [4.78, 5) is 16.8. The first-order chi connectivity index (χ1) is 9.71. The molecule has 4 nitrogen and oxygen atoms in total. The minimum Gasteiger partial charge on any atom is -0.497 e. The lowest BCUT2D eigenvalue weighted by molar-refractivity contribution is 0.103. The average Bonchev–Trinajstić information content (AvgIpc) is 2.53. The highest BCUT2D eigenvalue weighted by atomic mass is 16.5. The van der Waals surface area contributed by atoms with E-state index < -0.39 is 0 Å². The molecule has 0 N–H and O–H groups in total. The number of nitrogens with zero attached hydrogens (tertiary/aromatic N) is 1. The number of carbonyl (C=O) groups is 1. The van der Waals surface area contributed by atoms with E-state index in [1.54, 1.807) is 31.5 Å². The standard InChI is InChI=1S/C16H17NO3/c1-4-11-6-5-9-17-15(11)16(18)13-8-7-12(19-2)10-14(13)20-3/h5-10H,4H2,1-3H3. The van der Waals surface area contributed by atoms with Gasteiger partial charge in [-0.05, 0) is 30.2 Å². The predicted molar refractivity (Wildman–Crippen MR) is 76.6 cm³/mol. The van der Waals surface area contributed by atoms with E-state index in [0.717, 1.165) is 12.0 Å². The maximum absolute atomic E-state index is 12.6. The van der Waals surface area contributed by atoms with Gasteiger partial charge in [0.05, 0.1) is 19.8 Å². The molecule has 0 spiro atoms. The molecule has 1 aromatic heterocycles. The van der Waals surface area contributed by atoms with Crippen LogP contribution >= 0.6 is 0 Å². The first-order valence-corrected chi connectivity index (χ1v) is 6.41. The lowest BCUT2D eigenvalue weighted by Crippen LogP contribution is -2.09. The quantitative estimate of drug-likeness (QED) is 0.785. The van der Waals surface area contributed by atoms with E-state index in [4.69, 9.17) is 9.47 Å². The van der Waals surface area contributed by atoms with E-state index in [9.17, 15) is 4.79 Å². The van der Waals surface area contributed by atoms with Crippen LogP contribution in [-0.2, 0) is 6.42 Å². The zero-order chi connectivity index (χ0) is 14.5. The fraction of sp³-hybridized carbons (Fsp3) is 0.250. The Hall–Kier alpha value is -2.36. The Bertz CT molecular complexity index is 623. The first-order valence-electron chi connectivity index (χ1n) is 6.41. The van der Waals surface area contributed by atoms with Gasteiger partial charge in [-0.2, -0.15) is 0 Å². The summed E-state index contributed by atoms with van der Waals surface area (Å²) in [5.41, 5.74) is 1.88. The topological polar surface area (TPSA) is 48.4 Å². The zero-order valence-corrected chi connectivity index (χ0v) is 11.8. The summed E-state index contributed by atoms with van der Waals surface area (Å²) in [6.07, 6.45) is 2.38. The zero-order valence-electron chi connectivity index (χ0n) is 11.8. The molecule has 0 fully saturated rings. The van der Waals surface area contributed by atoms with Crippen LogP contribution in [0.5, 0.6) is 11.5 Å². The Morgan fingerprint density at radius 1 is 1.20 bits per heavy atom. The molecule has 0 bridgehead atoms. The van der Waals surface area contributed by atoms with Crippen molar-refractivity contribution in [2.75, 3.05) is 14.2 Å². The number of ether oxygens (including phenoxy) is 2. The van der Waals surface area contributed by atoms with Crippen LogP contribution in [0.25, 0.3) is 0 Å². The fourth-order valence-electron chi connectivity index (χ4n) is 2.04. The number of hydrogen-bond donors (Lipinski definition) is 0. The molecule has 0 saturated carbocycles. The number of pyridine rings is 1. The summed E-state index contributed by atoms with van der Waals surface area (Å²) in [5.74, 6) is 0.999. The summed E-state index contributed by atoms with van der Waals surface area (Å²) in [7, 11) is 3.11. The molecule has 20 heavy (non-hydrogen) atoms. The molecule has 4 heteroatoms. The molecule has 0 unspecified atom stereocenters. The van der Waals surface area contributed by atoms with Gasteiger partial charge < -0.3 is 9.47 Å². The molecule has 0 radical (unpaired) electrons. The molecular formula is C16H17NO3. The Labute approximate surface area is 118 Å². The first kappa shape index (κ1) is 14.1. The predicted octanol–water partition coefficient (Wildman–Crippen LogP) is 2.89. The van der Waals surface area contributed by atoms with Gasteiger partial charge in [-0.1, -0.05) is 13.0 Å². The second kappa shape index (κ2) is 6.19. The molecular weight excluding hydrogens is 254 g/mol. The van der Waals surface area contributed by atoms with E-state index in [-0.39, 0.29) is 5.78 Å². The summed E-state index contributed by atoms with van der Waals surface area (Å²) in [6.45, 7) is 2.00. The monoisotopic (exact) mass is 271 g/mol. The van der Waals surface area contributed by atoms with Gasteiger partial charge in [-0.25, -0.2) is 0 Å². The molecule has 0 amide bonds. The van der Waals surface area contributed by atoms with E-state index in [2.05, 4.69) is 4.98 Å². The summed E-state index contributed by atoms with van der Waals surface area (Å²) in [6, 6.07) is 8.89. The third-order valence-corrected chi connectivity index (χ3v) is 3.14. The maximum Gasteiger partial charge on any atom is 0.215 e. The lowest BCUT2D eigenvalue weighted by Gasteiger charge is -2.11. The third-order valence-electron chi connectivity index (χ3n) is 3.14. The number of hydrogen-bond acceptors (Lipinski definition) is 4. The van der Waals surface area contributed by atoms with Crippen LogP contribution in [-0.4, -0.2) is 25.0 Å². The maximum atomic E-state index is 12.6. The van der Waals surface area contributed by atoms with Crippen LogP contribution in [0.1, 0.15) is 28.5 Å². The molecule has 2 rings (SSSR count). The molecule has 1 aromatic carbocycles. The Morgan fingerprint density at radius 2 is 2.00 bits per heavy atom. The molecule has 0 aliphatic rings. The van der Waals surface area contributed by atoms with Crippen molar-refractivity contribution in [2.45, 2.75) is 13.3 Å². The highest BCUT2D eigenvalue weighted by Gasteiger charge is 2.18. The van der Waals surface area contributed by atoms with E-state index >= 15 is 0 Å². The Kier molecular flexibility index (Phi) is 4.35. The summed E-state index contributed by atoms with van der Waals surface area (Å²) < 4.78 is 10.4. The van der Waals surface area contributed by atoms with Crippen molar-refractivity contribution in [1.29, 1.82) is 0 Å². The fourth-order valence-corrected chi connectivity index (χ4v) is 2.04. The number of aryl methyl sites for hydroxylation is 1. The second-order valence-electron chi connectivity index (χ2n) is 4.26. The van der Waals surface area contributed by atoms with Crippen LogP contribution in [0, 0.1) is 0 Å². The van der Waals surface area contributed by atoms with Crippen molar-refractivity contribution < 1.29 is 14.3 Å². The minimum absolute atomic E-state index is 0.137. The van der Waals surface area contributed by atoms with Gasteiger partial charge in [0, 0.05) is 12.3 Å². The van der Waals surface area contributed by atoms with E-state index in [1.807, 2.05) is 19.1 Å². The number of rotatable bonds is 5. The van der Waals surface area contributed by atoms with E-state index in [1.165, 1.54) is 7.11 Å². The number of aromatic nitrogens is 1. The van der Waals surface area contributed by atoms with Crippen molar-refractivity contribution in [1.82, 2.24) is 4.98 Å². The SMILES string of the molecule is CCc1cccnc1C(=O)c1ccc(OC)cc1OC. The molecule has 0 aliphatic heterocycles. The largest absolute Gasteiger partial charge is 0.497 e. The highest BCUT2D eigenvalue weighted by Crippen LogP contribution is 2.27. The molecule has 0 saturated heterocycles. The second-order valence-corrected chi connectivity index (χ2v) is 4.26. The van der Waals surface area contributed by atoms with Gasteiger partial charge in [0.2, 0.25) is 5.78 Å². The number of ketones is 1. The van der Waals surface area contributed by atoms with E-state index in [0.29, 0.717) is 22.8 Å². The average molecular weight is 271 g/mol. The van der Waals surface area contributed by atoms with Crippen LogP contribution in [0.2, 0.25) is 0 Å². The van der Waals surface area contributed by atoms with Crippen molar-refractivity contribution in [2.24, 2.45) is 0 Å². The van der Waals surface area contributed by atoms with Gasteiger partial charge >= 0.3 is 0 Å². The summed E-state index contributed by atoms with van der Waals surface area (Å²) in [5, 5.41) is 0. The Morgan fingerprint density at radius 3 is 2.65 bits per heavy atom. The van der Waals surface area contributed by atoms with Gasteiger partial charge in [-0.3, -0.25) is 9.78 Å². The Balaban J connectivity index is 2.48. The van der Waals surface area contributed by atoms with Gasteiger partial charge in [0.1, 0.15) is 17.2 Å². The molecule has 2 aromatic rings. The van der Waals surface area contributed by atoms with Gasteiger partial charge in [0.15, 0.2) is 0 Å². The van der Waals surface area contributed by atoms with Crippen LogP contribution in [0.15, 0.2) is 36.5 Å². The molecule has 1 heterocycles. The van der Waals surface area contributed by atoms with Gasteiger partial charge in [0.25, 0.3) is 0 Å².